The van der Waals surface area contributed by atoms with Crippen LogP contribution in [0.5, 0.6) is 0 Å². The van der Waals surface area contributed by atoms with Crippen LogP contribution in [0, 0.1) is 0 Å². The molecule has 0 bridgehead atoms. The summed E-state index contributed by atoms with van der Waals surface area (Å²) in [5.74, 6) is -0.145. The molecule has 0 aromatic carbocycles. The minimum atomic E-state index is -0.145. The van der Waals surface area contributed by atoms with Crippen molar-refractivity contribution in [1.29, 1.82) is 0 Å². The molecule has 0 atom stereocenters. The lowest BCUT2D eigenvalue weighted by Crippen LogP contribution is -2.25. The Morgan fingerprint density at radius 3 is 3.00 bits per heavy atom. The van der Waals surface area contributed by atoms with E-state index < -0.39 is 0 Å². The summed E-state index contributed by atoms with van der Waals surface area (Å²) in [6.45, 7) is 6.05. The molecular formula is C10H11BrN2O. The first-order valence-corrected chi connectivity index (χ1v) is 4.93. The number of nitrogens with zero attached hydrogens (tertiary/aromatic N) is 1. The molecule has 74 valence electrons. The number of carbonyl (C=O) groups excluding carboxylic acids is 1. The van der Waals surface area contributed by atoms with E-state index in [9.17, 15) is 4.79 Å². The average molecular weight is 255 g/mol. The molecule has 1 aromatic heterocycles. The lowest BCUT2D eigenvalue weighted by Gasteiger charge is -2.05. The van der Waals surface area contributed by atoms with Crippen molar-refractivity contribution >= 4 is 21.8 Å². The Morgan fingerprint density at radius 1 is 1.71 bits per heavy atom. The zero-order valence-corrected chi connectivity index (χ0v) is 9.47. The normalized spacial score (nSPS) is 9.57. The van der Waals surface area contributed by atoms with Crippen molar-refractivity contribution in [2.24, 2.45) is 0 Å². The molecule has 0 fully saturated rings. The molecule has 1 aromatic rings. The molecule has 0 aliphatic rings. The molecule has 4 heteroatoms. The first kappa shape index (κ1) is 10.9. The Labute approximate surface area is 91.4 Å². The minimum absolute atomic E-state index is 0.145. The molecular weight excluding hydrogens is 244 g/mol. The molecule has 0 saturated carbocycles. The van der Waals surface area contributed by atoms with E-state index in [0.717, 1.165) is 5.57 Å². The maximum absolute atomic E-state index is 11.5. The van der Waals surface area contributed by atoms with Crippen molar-refractivity contribution in [2.45, 2.75) is 6.92 Å². The van der Waals surface area contributed by atoms with Gasteiger partial charge in [0.05, 0.1) is 5.56 Å². The number of carbonyl (C=O) groups is 1. The van der Waals surface area contributed by atoms with Crippen LogP contribution in [-0.2, 0) is 0 Å². The highest BCUT2D eigenvalue weighted by Crippen LogP contribution is 2.11. The molecule has 0 unspecified atom stereocenters. The quantitative estimate of drug-likeness (QED) is 0.664. The van der Waals surface area contributed by atoms with Gasteiger partial charge in [0.1, 0.15) is 4.60 Å². The molecule has 1 rings (SSSR count). The Kier molecular flexibility index (Phi) is 3.83. The van der Waals surface area contributed by atoms with Gasteiger partial charge in [-0.2, -0.15) is 0 Å². The van der Waals surface area contributed by atoms with Gasteiger partial charge in [-0.1, -0.05) is 12.2 Å². The number of aromatic nitrogens is 1. The van der Waals surface area contributed by atoms with E-state index in [-0.39, 0.29) is 5.91 Å². The van der Waals surface area contributed by atoms with Crippen LogP contribution in [-0.4, -0.2) is 17.4 Å². The van der Waals surface area contributed by atoms with E-state index in [0.29, 0.717) is 16.7 Å². The van der Waals surface area contributed by atoms with Crippen LogP contribution in [0.1, 0.15) is 17.3 Å². The predicted molar refractivity (Wildman–Crippen MR) is 59.1 cm³/mol. The van der Waals surface area contributed by atoms with Crippen LogP contribution in [0.4, 0.5) is 0 Å². The first-order chi connectivity index (χ1) is 6.61. The smallest absolute Gasteiger partial charge is 0.254 e. The monoisotopic (exact) mass is 254 g/mol. The highest BCUT2D eigenvalue weighted by atomic mass is 79.9. The molecule has 14 heavy (non-hydrogen) atoms. The number of halogens is 1. The lowest BCUT2D eigenvalue weighted by atomic mass is 10.2. The summed E-state index contributed by atoms with van der Waals surface area (Å²) in [6.07, 6.45) is 1.62. The van der Waals surface area contributed by atoms with Gasteiger partial charge >= 0.3 is 0 Å². The fourth-order valence-electron chi connectivity index (χ4n) is 0.882. The number of hydrogen-bond donors (Lipinski definition) is 1. The standard InChI is InChI=1S/C10H11BrN2O/c1-7(2)6-13-10(14)8-4-3-5-12-9(8)11/h3-5H,1,6H2,2H3,(H,13,14). The number of pyridine rings is 1. The maximum Gasteiger partial charge on any atom is 0.254 e. The van der Waals surface area contributed by atoms with E-state index >= 15 is 0 Å². The topological polar surface area (TPSA) is 42.0 Å². The summed E-state index contributed by atoms with van der Waals surface area (Å²) in [4.78, 5) is 15.5. The molecule has 0 aliphatic heterocycles. The van der Waals surface area contributed by atoms with Crippen molar-refractivity contribution in [1.82, 2.24) is 10.3 Å². The zero-order chi connectivity index (χ0) is 10.6. The van der Waals surface area contributed by atoms with Gasteiger partial charge in [0.15, 0.2) is 0 Å². The number of hydrogen-bond acceptors (Lipinski definition) is 2. The predicted octanol–water partition coefficient (Wildman–Crippen LogP) is 2.15. The second-order valence-electron chi connectivity index (χ2n) is 2.98. The fourth-order valence-corrected chi connectivity index (χ4v) is 1.31. The van der Waals surface area contributed by atoms with Crippen LogP contribution in [0.3, 0.4) is 0 Å². The minimum Gasteiger partial charge on any atom is -0.348 e. The second-order valence-corrected chi connectivity index (χ2v) is 3.73. The highest BCUT2D eigenvalue weighted by Gasteiger charge is 2.08. The Hall–Kier alpha value is -1.16. The van der Waals surface area contributed by atoms with Gasteiger partial charge in [0, 0.05) is 12.7 Å². The van der Waals surface area contributed by atoms with Gasteiger partial charge in [-0.25, -0.2) is 4.98 Å². The van der Waals surface area contributed by atoms with Gasteiger partial charge in [-0.3, -0.25) is 4.79 Å². The number of nitrogens with one attached hydrogen (secondary N) is 1. The molecule has 1 heterocycles. The third-order valence-electron chi connectivity index (χ3n) is 1.55. The molecule has 3 nitrogen and oxygen atoms in total. The summed E-state index contributed by atoms with van der Waals surface area (Å²) < 4.78 is 0.555. The van der Waals surface area contributed by atoms with Crippen LogP contribution in [0.2, 0.25) is 0 Å². The first-order valence-electron chi connectivity index (χ1n) is 4.14. The van der Waals surface area contributed by atoms with Crippen LogP contribution in [0.25, 0.3) is 0 Å². The van der Waals surface area contributed by atoms with E-state index in [2.05, 4.69) is 32.8 Å². The van der Waals surface area contributed by atoms with Gasteiger partial charge in [0.25, 0.3) is 5.91 Å². The third-order valence-corrected chi connectivity index (χ3v) is 2.19. The van der Waals surface area contributed by atoms with Gasteiger partial charge in [-0.15, -0.1) is 0 Å². The molecule has 0 saturated heterocycles. The van der Waals surface area contributed by atoms with Gasteiger partial charge in [-0.05, 0) is 35.0 Å². The van der Waals surface area contributed by atoms with Crippen molar-refractivity contribution in [3.05, 3.63) is 40.6 Å². The van der Waals surface area contributed by atoms with Crippen molar-refractivity contribution < 1.29 is 4.79 Å². The van der Waals surface area contributed by atoms with E-state index in [1.807, 2.05) is 6.92 Å². The largest absolute Gasteiger partial charge is 0.348 e. The second kappa shape index (κ2) is 4.91. The number of amides is 1. The Bertz CT molecular complexity index is 363. The van der Waals surface area contributed by atoms with Crippen LogP contribution in [0.15, 0.2) is 35.1 Å². The van der Waals surface area contributed by atoms with E-state index in [1.54, 1.807) is 18.3 Å². The Morgan fingerprint density at radius 2 is 2.43 bits per heavy atom. The summed E-state index contributed by atoms with van der Waals surface area (Å²) in [5, 5.41) is 2.73. The van der Waals surface area contributed by atoms with E-state index in [1.165, 1.54) is 0 Å². The van der Waals surface area contributed by atoms with Crippen molar-refractivity contribution in [3.63, 3.8) is 0 Å². The SMILES string of the molecule is C=C(C)CNC(=O)c1cccnc1Br. The molecule has 1 amide bonds. The van der Waals surface area contributed by atoms with Gasteiger partial charge < -0.3 is 5.32 Å². The summed E-state index contributed by atoms with van der Waals surface area (Å²) in [7, 11) is 0. The maximum atomic E-state index is 11.5. The third kappa shape index (κ3) is 2.96. The number of rotatable bonds is 3. The van der Waals surface area contributed by atoms with E-state index in [4.69, 9.17) is 0 Å². The van der Waals surface area contributed by atoms with Gasteiger partial charge in [0.2, 0.25) is 0 Å². The summed E-state index contributed by atoms with van der Waals surface area (Å²) >= 11 is 3.21. The molecule has 1 N–H and O–H groups in total. The zero-order valence-electron chi connectivity index (χ0n) is 7.88. The molecule has 0 aliphatic carbocycles. The summed E-state index contributed by atoms with van der Waals surface area (Å²) in [5.41, 5.74) is 1.45. The highest BCUT2D eigenvalue weighted by molar-refractivity contribution is 9.10. The van der Waals surface area contributed by atoms with Crippen LogP contribution >= 0.6 is 15.9 Å². The summed E-state index contributed by atoms with van der Waals surface area (Å²) in [6, 6.07) is 3.44. The molecule has 0 spiro atoms. The van der Waals surface area contributed by atoms with Crippen LogP contribution < -0.4 is 5.32 Å². The average Bonchev–Trinajstić information content (AvgIpc) is 2.15. The van der Waals surface area contributed by atoms with Crippen molar-refractivity contribution in [2.75, 3.05) is 6.54 Å². The fraction of sp³-hybridized carbons (Fsp3) is 0.200. The van der Waals surface area contributed by atoms with Crippen molar-refractivity contribution in [3.8, 4) is 0 Å². The molecule has 0 radical (unpaired) electrons. The lowest BCUT2D eigenvalue weighted by molar-refractivity contribution is 0.0956. The Balaban J connectivity index is 2.70.